The number of hydrogen-bond acceptors (Lipinski definition) is 7. The van der Waals surface area contributed by atoms with Crippen molar-refractivity contribution >= 4 is 28.6 Å². The molecule has 0 spiro atoms. The molecule has 8 heteroatoms. The lowest BCUT2D eigenvalue weighted by atomic mass is 9.46. The van der Waals surface area contributed by atoms with Gasteiger partial charge < -0.3 is 14.3 Å². The van der Waals surface area contributed by atoms with E-state index in [1.807, 2.05) is 19.9 Å². The summed E-state index contributed by atoms with van der Waals surface area (Å²) in [6.45, 7) is 5.88. The Morgan fingerprint density at radius 1 is 1.34 bits per heavy atom. The van der Waals surface area contributed by atoms with E-state index in [1.165, 1.54) is 12.3 Å². The van der Waals surface area contributed by atoms with Crippen molar-refractivity contribution in [2.24, 2.45) is 34.5 Å². The minimum absolute atomic E-state index is 0.0205. The standard InChI is InChI=1S/C27H31FO6S/c1-15-11-19-18-7-6-16-12-17(29)8-9-25(16,2)22(18)20(30)13-26(19,3)27(15,24(32)35-14-28)34-23(31)21-5-4-10-33-21/h4-5,8-10,12,15,18-20,22,30H,6-7,11,13-14H2,1-3H3/t15?,18?,19?,20?,22?,25-,26-,27?/m0/s1. The molecule has 1 aromatic rings. The first-order valence-electron chi connectivity index (χ1n) is 12.2. The topological polar surface area (TPSA) is 93.8 Å². The van der Waals surface area contributed by atoms with Crippen molar-refractivity contribution in [2.45, 2.75) is 58.2 Å². The Hall–Kier alpha value is -2.19. The van der Waals surface area contributed by atoms with Gasteiger partial charge in [0, 0.05) is 22.7 Å². The summed E-state index contributed by atoms with van der Waals surface area (Å²) >= 11 is 0.520. The van der Waals surface area contributed by atoms with Crippen LogP contribution in [0.1, 0.15) is 57.0 Å². The third-order valence-electron chi connectivity index (χ3n) is 9.50. The summed E-state index contributed by atoms with van der Waals surface area (Å²) in [6, 6.07) is 2.11. The van der Waals surface area contributed by atoms with E-state index in [1.54, 1.807) is 18.2 Å². The summed E-state index contributed by atoms with van der Waals surface area (Å²) in [6.07, 6.45) is 8.13. The molecule has 3 saturated carbocycles. The molecule has 0 aliphatic heterocycles. The Balaban J connectivity index is 1.58. The fourth-order valence-electron chi connectivity index (χ4n) is 8.09. The van der Waals surface area contributed by atoms with Gasteiger partial charge in [0.1, 0.15) is 6.01 Å². The fraction of sp³-hybridized carbons (Fsp3) is 0.593. The number of aliphatic hydroxyl groups excluding tert-OH is 1. The molecule has 1 N–H and O–H groups in total. The number of ketones is 1. The molecule has 1 aromatic heterocycles. The number of hydrogen-bond donors (Lipinski definition) is 1. The third kappa shape index (κ3) is 3.35. The Bertz CT molecular complexity index is 1110. The van der Waals surface area contributed by atoms with E-state index >= 15 is 0 Å². The van der Waals surface area contributed by atoms with Crippen LogP contribution in [0.3, 0.4) is 0 Å². The highest BCUT2D eigenvalue weighted by Crippen LogP contribution is 2.69. The van der Waals surface area contributed by atoms with Gasteiger partial charge in [-0.1, -0.05) is 32.4 Å². The van der Waals surface area contributed by atoms with Crippen molar-refractivity contribution in [3.63, 3.8) is 0 Å². The van der Waals surface area contributed by atoms with Gasteiger partial charge in [-0.15, -0.1) is 0 Å². The second-order valence-corrected chi connectivity index (χ2v) is 11.9. The molecular formula is C27H31FO6S. The molecule has 0 bridgehead atoms. The number of halogens is 1. The predicted octanol–water partition coefficient (Wildman–Crippen LogP) is 4.89. The number of alkyl halides is 1. The van der Waals surface area contributed by atoms with Crippen LogP contribution >= 0.6 is 11.8 Å². The number of allylic oxidation sites excluding steroid dienone is 4. The maximum absolute atomic E-state index is 13.6. The summed E-state index contributed by atoms with van der Waals surface area (Å²) in [5.41, 5.74) is -1.89. The minimum Gasteiger partial charge on any atom is -0.457 e. The highest BCUT2D eigenvalue weighted by molar-refractivity contribution is 8.13. The molecule has 1 heterocycles. The van der Waals surface area contributed by atoms with E-state index < -0.39 is 39.6 Å². The van der Waals surface area contributed by atoms with E-state index in [0.717, 1.165) is 18.4 Å². The Labute approximate surface area is 208 Å². The van der Waals surface area contributed by atoms with Crippen LogP contribution in [0.25, 0.3) is 0 Å². The zero-order valence-corrected chi connectivity index (χ0v) is 21.0. The summed E-state index contributed by atoms with van der Waals surface area (Å²) in [5.74, 6) is -1.28. The monoisotopic (exact) mass is 502 g/mol. The van der Waals surface area contributed by atoms with Crippen molar-refractivity contribution in [3.8, 4) is 0 Å². The molecule has 3 fully saturated rings. The molecule has 0 radical (unpaired) electrons. The lowest BCUT2D eigenvalue weighted by molar-refractivity contribution is -0.176. The fourth-order valence-corrected chi connectivity index (χ4v) is 8.87. The number of carbonyl (C=O) groups is 3. The van der Waals surface area contributed by atoms with Crippen LogP contribution in [0.5, 0.6) is 0 Å². The maximum atomic E-state index is 13.6. The van der Waals surface area contributed by atoms with Gasteiger partial charge in [0.25, 0.3) is 0 Å². The van der Waals surface area contributed by atoms with E-state index in [9.17, 15) is 23.9 Å². The second-order valence-electron chi connectivity index (χ2n) is 11.0. The maximum Gasteiger partial charge on any atom is 0.375 e. The molecule has 4 aliphatic carbocycles. The Kier molecular flexibility index (Phi) is 5.91. The lowest BCUT2D eigenvalue weighted by Crippen LogP contribution is -2.63. The highest BCUT2D eigenvalue weighted by atomic mass is 32.2. The largest absolute Gasteiger partial charge is 0.457 e. The average molecular weight is 503 g/mol. The zero-order valence-electron chi connectivity index (χ0n) is 20.2. The van der Waals surface area contributed by atoms with Crippen molar-refractivity contribution in [1.29, 1.82) is 0 Å². The van der Waals surface area contributed by atoms with Crippen molar-refractivity contribution in [2.75, 3.05) is 6.01 Å². The molecule has 35 heavy (non-hydrogen) atoms. The highest BCUT2D eigenvalue weighted by Gasteiger charge is 2.73. The smallest absolute Gasteiger partial charge is 0.375 e. The second kappa shape index (κ2) is 8.44. The minimum atomic E-state index is -1.60. The molecule has 8 atom stereocenters. The Morgan fingerprint density at radius 2 is 2.11 bits per heavy atom. The van der Waals surface area contributed by atoms with Crippen molar-refractivity contribution in [1.82, 2.24) is 0 Å². The van der Waals surface area contributed by atoms with Crippen LogP contribution in [0.15, 0.2) is 46.6 Å². The normalized spacial score (nSPS) is 42.0. The van der Waals surface area contributed by atoms with Crippen LogP contribution in [-0.4, -0.2) is 39.7 Å². The number of furan rings is 1. The van der Waals surface area contributed by atoms with Crippen LogP contribution < -0.4 is 0 Å². The molecule has 6 unspecified atom stereocenters. The van der Waals surface area contributed by atoms with Gasteiger partial charge in [-0.3, -0.25) is 9.59 Å². The number of esters is 1. The predicted molar refractivity (Wildman–Crippen MR) is 128 cm³/mol. The van der Waals surface area contributed by atoms with E-state index in [2.05, 4.69) is 6.92 Å². The van der Waals surface area contributed by atoms with Gasteiger partial charge in [-0.05, 0) is 73.6 Å². The summed E-state index contributed by atoms with van der Waals surface area (Å²) in [4.78, 5) is 38.7. The van der Waals surface area contributed by atoms with Crippen LogP contribution in [-0.2, 0) is 14.3 Å². The van der Waals surface area contributed by atoms with Gasteiger partial charge >= 0.3 is 5.97 Å². The van der Waals surface area contributed by atoms with E-state index in [4.69, 9.17) is 9.15 Å². The first-order chi connectivity index (χ1) is 16.6. The summed E-state index contributed by atoms with van der Waals surface area (Å²) in [5, 5.41) is 11.1. The molecule has 188 valence electrons. The van der Waals surface area contributed by atoms with E-state index in [0.29, 0.717) is 18.2 Å². The number of ether oxygens (including phenoxy) is 1. The van der Waals surface area contributed by atoms with Gasteiger partial charge in [0.2, 0.25) is 10.9 Å². The Morgan fingerprint density at radius 3 is 2.80 bits per heavy atom. The molecule has 4 aliphatic rings. The van der Waals surface area contributed by atoms with Crippen molar-refractivity contribution < 1.29 is 33.0 Å². The molecular weight excluding hydrogens is 471 g/mol. The quantitative estimate of drug-likeness (QED) is 0.586. The number of carbonyl (C=O) groups excluding carboxylic acids is 3. The van der Waals surface area contributed by atoms with Crippen LogP contribution in [0, 0.1) is 34.5 Å². The molecule has 0 amide bonds. The number of thioether (sulfide) groups is 1. The molecule has 0 saturated heterocycles. The zero-order chi connectivity index (χ0) is 25.2. The molecule has 6 nitrogen and oxygen atoms in total. The number of fused-ring (bicyclic) bond motifs is 5. The first-order valence-corrected chi connectivity index (χ1v) is 13.2. The summed E-state index contributed by atoms with van der Waals surface area (Å²) < 4.78 is 24.7. The van der Waals surface area contributed by atoms with Gasteiger partial charge in [0.15, 0.2) is 11.4 Å². The number of rotatable bonds is 4. The van der Waals surface area contributed by atoms with Crippen molar-refractivity contribution in [3.05, 3.63) is 48.0 Å². The summed E-state index contributed by atoms with van der Waals surface area (Å²) in [7, 11) is 0. The number of aliphatic hydroxyl groups is 1. The third-order valence-corrected chi connectivity index (χ3v) is 10.2. The average Bonchev–Trinajstić information content (AvgIpc) is 3.41. The van der Waals surface area contributed by atoms with Gasteiger partial charge in [0.05, 0.1) is 12.4 Å². The lowest BCUT2D eigenvalue weighted by Gasteiger charge is -2.59. The van der Waals surface area contributed by atoms with Gasteiger partial charge in [-0.2, -0.15) is 0 Å². The molecule has 0 aromatic carbocycles. The van der Waals surface area contributed by atoms with Crippen LogP contribution in [0.4, 0.5) is 4.39 Å². The SMILES string of the molecule is CC1CC2C3CCC4=CC(=O)C=C[C@]4(C)C3C(O)C[C@]2(C)C1(OC(=O)c1ccco1)C(=O)SCF. The van der Waals surface area contributed by atoms with Crippen LogP contribution in [0.2, 0.25) is 0 Å². The van der Waals surface area contributed by atoms with E-state index in [-0.39, 0.29) is 41.6 Å². The molecule has 5 rings (SSSR count). The first kappa shape index (κ1) is 24.5. The van der Waals surface area contributed by atoms with Gasteiger partial charge in [-0.25, -0.2) is 9.18 Å².